The largest absolute Gasteiger partial charge is 0.493 e. The molecule has 51 heavy (non-hydrogen) atoms. The number of nitrogens with zero attached hydrogens (tertiary/aromatic N) is 1. The van der Waals surface area contributed by atoms with Gasteiger partial charge in [-0.1, -0.05) is 56.7 Å². The van der Waals surface area contributed by atoms with Gasteiger partial charge < -0.3 is 29.7 Å². The SMILES string of the molecule is CCCCNC(=N)NC(=O)CCc1ccc(-c2ccc(C[N+]3(C4CCNCC4)CCC(C)CC3)cc2)c(OCCCOC)c1.O=C(O)C(F)(F)F. The lowest BCUT2D eigenvalue weighted by atomic mass is 9.90. The van der Waals surface area contributed by atoms with Crippen molar-refractivity contribution in [3.8, 4) is 16.9 Å². The molecule has 2 heterocycles. The number of amides is 1. The van der Waals surface area contributed by atoms with Crippen molar-refractivity contribution in [2.45, 2.75) is 90.4 Å². The summed E-state index contributed by atoms with van der Waals surface area (Å²) in [5.41, 5.74) is 4.67. The highest BCUT2D eigenvalue weighted by Crippen LogP contribution is 2.35. The Hall–Kier alpha value is -3.68. The van der Waals surface area contributed by atoms with Crippen LogP contribution >= 0.6 is 0 Å². The van der Waals surface area contributed by atoms with Crippen molar-refractivity contribution in [2.24, 2.45) is 5.92 Å². The Kier molecular flexibility index (Phi) is 17.2. The van der Waals surface area contributed by atoms with Gasteiger partial charge in [-0.15, -0.1) is 0 Å². The van der Waals surface area contributed by atoms with Gasteiger partial charge in [0.05, 0.1) is 25.7 Å². The van der Waals surface area contributed by atoms with E-state index in [1.165, 1.54) is 48.8 Å². The van der Waals surface area contributed by atoms with E-state index in [1.54, 1.807) is 7.11 Å². The number of benzene rings is 2. The number of hydrogen-bond acceptors (Lipinski definition) is 6. The van der Waals surface area contributed by atoms with Gasteiger partial charge in [-0.3, -0.25) is 15.5 Å². The first kappa shape index (κ1) is 41.7. The smallest absolute Gasteiger partial charge is 0.490 e. The number of carbonyl (C=O) groups excluding carboxylic acids is 1. The number of quaternary nitrogens is 1. The number of likely N-dealkylation sites (tertiary alicyclic amines) is 1. The normalized spacial score (nSPS) is 19.4. The summed E-state index contributed by atoms with van der Waals surface area (Å²) in [4.78, 5) is 21.3. The second-order valence-electron chi connectivity index (χ2n) is 13.7. The van der Waals surface area contributed by atoms with Crippen molar-refractivity contribution < 1.29 is 41.8 Å². The zero-order valence-corrected chi connectivity index (χ0v) is 30.4. The number of aliphatic carboxylic acids is 1. The van der Waals surface area contributed by atoms with E-state index >= 15 is 0 Å². The zero-order valence-electron chi connectivity index (χ0n) is 30.4. The molecule has 5 N–H and O–H groups in total. The van der Waals surface area contributed by atoms with E-state index in [1.807, 2.05) is 0 Å². The van der Waals surface area contributed by atoms with Crippen molar-refractivity contribution in [1.82, 2.24) is 16.0 Å². The molecular formula is C38H57F3N5O5+. The maximum atomic E-state index is 12.4. The molecular weight excluding hydrogens is 663 g/mol. The lowest BCUT2D eigenvalue weighted by molar-refractivity contribution is -0.969. The second-order valence-corrected chi connectivity index (χ2v) is 13.7. The molecule has 4 rings (SSSR count). The summed E-state index contributed by atoms with van der Waals surface area (Å²) in [6.45, 7) is 12.4. The summed E-state index contributed by atoms with van der Waals surface area (Å²) in [5, 5.41) is 24.2. The van der Waals surface area contributed by atoms with E-state index in [0.717, 1.165) is 73.3 Å². The van der Waals surface area contributed by atoms with E-state index in [9.17, 15) is 18.0 Å². The molecule has 0 unspecified atom stereocenters. The molecule has 13 heteroatoms. The minimum Gasteiger partial charge on any atom is -0.493 e. The number of ether oxygens (including phenoxy) is 2. The number of unbranched alkanes of at least 4 members (excludes halogenated alkanes) is 1. The topological polar surface area (TPSA) is 133 Å². The summed E-state index contributed by atoms with van der Waals surface area (Å²) in [7, 11) is 1.71. The average molecular weight is 721 g/mol. The predicted octanol–water partition coefficient (Wildman–Crippen LogP) is 6.27. The fourth-order valence-corrected chi connectivity index (χ4v) is 6.73. The number of guanidine groups is 1. The molecule has 0 spiro atoms. The van der Waals surface area contributed by atoms with E-state index in [2.05, 4.69) is 72.3 Å². The zero-order chi connectivity index (χ0) is 37.3. The third-order valence-corrected chi connectivity index (χ3v) is 9.76. The van der Waals surface area contributed by atoms with Gasteiger partial charge in [0, 0.05) is 70.2 Å². The Labute approximate surface area is 300 Å². The highest BCUT2D eigenvalue weighted by atomic mass is 19.4. The van der Waals surface area contributed by atoms with Crippen LogP contribution in [0.15, 0.2) is 42.5 Å². The molecule has 0 bridgehead atoms. The fraction of sp³-hybridized carbons (Fsp3) is 0.605. The van der Waals surface area contributed by atoms with Crippen molar-refractivity contribution in [3.63, 3.8) is 0 Å². The highest BCUT2D eigenvalue weighted by molar-refractivity contribution is 5.95. The third-order valence-electron chi connectivity index (χ3n) is 9.76. The van der Waals surface area contributed by atoms with Crippen molar-refractivity contribution in [1.29, 1.82) is 5.41 Å². The Balaban J connectivity index is 0.000000908. The van der Waals surface area contributed by atoms with Gasteiger partial charge in [0.1, 0.15) is 12.3 Å². The molecule has 10 nitrogen and oxygen atoms in total. The first-order valence-electron chi connectivity index (χ1n) is 18.2. The number of alkyl halides is 3. The number of nitrogens with one attached hydrogen (secondary N) is 4. The second kappa shape index (κ2) is 21.0. The van der Waals surface area contributed by atoms with Gasteiger partial charge in [0.25, 0.3) is 0 Å². The molecule has 2 aromatic carbocycles. The van der Waals surface area contributed by atoms with Crippen LogP contribution in [0.5, 0.6) is 5.75 Å². The summed E-state index contributed by atoms with van der Waals surface area (Å²) in [6.07, 6.45) is 3.85. The number of methoxy groups -OCH3 is 1. The first-order chi connectivity index (χ1) is 24.4. The molecule has 2 aliphatic heterocycles. The molecule has 0 radical (unpaired) electrons. The molecule has 2 aliphatic rings. The first-order valence-corrected chi connectivity index (χ1v) is 18.2. The minimum absolute atomic E-state index is 0.0722. The number of halogens is 3. The van der Waals surface area contributed by atoms with E-state index in [0.29, 0.717) is 32.6 Å². The van der Waals surface area contributed by atoms with Crippen LogP contribution in [0.1, 0.15) is 76.3 Å². The van der Waals surface area contributed by atoms with E-state index in [4.69, 9.17) is 24.8 Å². The van der Waals surface area contributed by atoms with E-state index < -0.39 is 12.1 Å². The molecule has 1 amide bonds. The summed E-state index contributed by atoms with van der Waals surface area (Å²) < 4.78 is 44.5. The quantitative estimate of drug-likeness (QED) is 0.0634. The lowest BCUT2D eigenvalue weighted by Crippen LogP contribution is -2.60. The van der Waals surface area contributed by atoms with E-state index in [-0.39, 0.29) is 11.9 Å². The molecule has 0 aromatic heterocycles. The Bertz CT molecular complexity index is 1370. The number of carbonyl (C=O) groups is 2. The van der Waals surface area contributed by atoms with Crippen LogP contribution in [-0.4, -0.2) is 92.7 Å². The Morgan fingerprint density at radius 3 is 2.25 bits per heavy atom. The molecule has 0 aliphatic carbocycles. The number of hydrogen-bond donors (Lipinski definition) is 5. The lowest BCUT2D eigenvalue weighted by Gasteiger charge is -2.50. The van der Waals surface area contributed by atoms with Gasteiger partial charge >= 0.3 is 12.1 Å². The van der Waals surface area contributed by atoms with Crippen LogP contribution in [0.25, 0.3) is 11.1 Å². The molecule has 0 saturated carbocycles. The number of piperidine rings is 2. The molecule has 2 saturated heterocycles. The molecule has 2 fully saturated rings. The third kappa shape index (κ3) is 14.1. The average Bonchev–Trinajstić information content (AvgIpc) is 3.11. The van der Waals surface area contributed by atoms with Crippen LogP contribution in [0.4, 0.5) is 13.2 Å². The Morgan fingerprint density at radius 2 is 1.65 bits per heavy atom. The monoisotopic (exact) mass is 720 g/mol. The van der Waals surface area contributed by atoms with Crippen LogP contribution < -0.4 is 20.7 Å². The highest BCUT2D eigenvalue weighted by Gasteiger charge is 2.40. The van der Waals surface area contributed by atoms with Gasteiger partial charge in [-0.05, 0) is 48.8 Å². The fourth-order valence-electron chi connectivity index (χ4n) is 6.73. The van der Waals surface area contributed by atoms with Crippen molar-refractivity contribution in [3.05, 3.63) is 53.6 Å². The number of rotatable bonds is 15. The Morgan fingerprint density at radius 1 is 1.00 bits per heavy atom. The van der Waals surface area contributed by atoms with Gasteiger partial charge in [0.2, 0.25) is 5.91 Å². The number of carboxylic acid groups (broad SMARTS) is 1. The van der Waals surface area contributed by atoms with Crippen LogP contribution in [0, 0.1) is 11.3 Å². The van der Waals surface area contributed by atoms with Crippen LogP contribution in [0.2, 0.25) is 0 Å². The maximum absolute atomic E-state index is 12.4. The summed E-state index contributed by atoms with van der Waals surface area (Å²) >= 11 is 0. The summed E-state index contributed by atoms with van der Waals surface area (Å²) in [6, 6.07) is 16.2. The maximum Gasteiger partial charge on any atom is 0.490 e. The van der Waals surface area contributed by atoms with Gasteiger partial charge in [-0.2, -0.15) is 13.2 Å². The molecule has 284 valence electrons. The predicted molar refractivity (Wildman–Crippen MR) is 193 cm³/mol. The number of aryl methyl sites for hydroxylation is 1. The van der Waals surface area contributed by atoms with Crippen molar-refractivity contribution >= 4 is 17.8 Å². The van der Waals surface area contributed by atoms with Crippen LogP contribution in [0.3, 0.4) is 0 Å². The molecule has 2 aromatic rings. The van der Waals surface area contributed by atoms with Crippen LogP contribution in [-0.2, 0) is 27.3 Å². The molecule has 0 atom stereocenters. The number of carboxylic acids is 1. The standard InChI is InChI=1S/C36H55N5O3.C2HF3O2/c1-4-5-19-39-36(37)40-35(42)14-10-29-9-13-33(34(26-29)44-25-6-24-43-3)31-11-7-30(8-12-31)27-41(22-17-28(2)18-23-41)32-15-20-38-21-16-32;3-2(4,5)1(6)7/h7-9,11-13,26,28,32,38H,4-6,10,14-25,27H2,1-3H3,(H2-,37,39,40,42);(H,6,7)/p+1. The summed E-state index contributed by atoms with van der Waals surface area (Å²) in [5.74, 6) is -1.17. The van der Waals surface area contributed by atoms with Crippen molar-refractivity contribution in [2.75, 3.05) is 53.0 Å². The van der Waals surface area contributed by atoms with Gasteiger partial charge in [0.15, 0.2) is 5.96 Å². The van der Waals surface area contributed by atoms with Gasteiger partial charge in [-0.25, -0.2) is 4.79 Å². The minimum atomic E-state index is -5.08.